The Morgan fingerprint density at radius 1 is 1.41 bits per heavy atom. The molecular weight excluding hydrogens is 234 g/mol. The molecule has 0 saturated heterocycles. The van der Waals surface area contributed by atoms with Crippen LogP contribution in [0.4, 0.5) is 0 Å². The van der Waals surface area contributed by atoms with Crippen molar-refractivity contribution < 1.29 is 0 Å². The molecule has 0 saturated carbocycles. The van der Waals surface area contributed by atoms with Crippen LogP contribution in [0.25, 0.3) is 11.4 Å². The third-order valence-corrected chi connectivity index (χ3v) is 2.48. The summed E-state index contributed by atoms with van der Waals surface area (Å²) in [5, 5.41) is 15.4. The summed E-state index contributed by atoms with van der Waals surface area (Å²) in [7, 11) is 0. The summed E-state index contributed by atoms with van der Waals surface area (Å²) in [5.41, 5.74) is 4.02. The number of aromatic amines is 1. The Balaban J connectivity index is 2.30. The van der Waals surface area contributed by atoms with Crippen LogP contribution in [-0.4, -0.2) is 21.4 Å². The molecular formula is C11H11N5S. The quantitative estimate of drug-likeness (QED) is 0.639. The summed E-state index contributed by atoms with van der Waals surface area (Å²) in [6, 6.07) is 11.8. The first-order chi connectivity index (χ1) is 8.33. The Hall–Kier alpha value is -2.13. The van der Waals surface area contributed by atoms with Gasteiger partial charge in [-0.3, -0.25) is 0 Å². The molecule has 0 bridgehead atoms. The van der Waals surface area contributed by atoms with Gasteiger partial charge in [0.15, 0.2) is 5.82 Å². The molecule has 0 aliphatic rings. The first-order valence-corrected chi connectivity index (χ1v) is 5.57. The van der Waals surface area contributed by atoms with E-state index in [-0.39, 0.29) is 0 Å². The lowest BCUT2D eigenvalue weighted by atomic mass is 10.2. The van der Waals surface area contributed by atoms with Crippen molar-refractivity contribution in [2.75, 3.05) is 12.0 Å². The molecule has 0 spiro atoms. The molecule has 5 nitrogen and oxygen atoms in total. The SMILES string of the molecule is N#CCCNn1c(-c2ccccc2)n[nH]c1=S. The monoisotopic (exact) mass is 245 g/mol. The highest BCUT2D eigenvalue weighted by Crippen LogP contribution is 2.14. The van der Waals surface area contributed by atoms with Crippen molar-refractivity contribution in [1.29, 1.82) is 5.26 Å². The average molecular weight is 245 g/mol. The van der Waals surface area contributed by atoms with Crippen molar-refractivity contribution >= 4 is 12.2 Å². The van der Waals surface area contributed by atoms with Crippen LogP contribution in [-0.2, 0) is 0 Å². The van der Waals surface area contributed by atoms with Gasteiger partial charge in [0.05, 0.1) is 12.5 Å². The van der Waals surface area contributed by atoms with E-state index in [2.05, 4.69) is 21.7 Å². The van der Waals surface area contributed by atoms with E-state index in [1.165, 1.54) is 0 Å². The molecule has 0 fully saturated rings. The molecule has 1 aromatic heterocycles. The smallest absolute Gasteiger partial charge is 0.214 e. The number of nitrogens with zero attached hydrogens (tertiary/aromatic N) is 3. The lowest BCUT2D eigenvalue weighted by molar-refractivity contribution is 0.828. The Morgan fingerprint density at radius 3 is 2.88 bits per heavy atom. The normalized spacial score (nSPS) is 9.82. The standard InChI is InChI=1S/C11H11N5S/c12-7-4-8-13-16-10(14-15-11(16)17)9-5-2-1-3-6-9/h1-3,5-6,13H,4,8H2,(H,15,17). The van der Waals surface area contributed by atoms with Crippen LogP contribution in [0, 0.1) is 16.1 Å². The van der Waals surface area contributed by atoms with Crippen molar-refractivity contribution in [3.8, 4) is 17.5 Å². The van der Waals surface area contributed by atoms with Crippen molar-refractivity contribution in [2.45, 2.75) is 6.42 Å². The van der Waals surface area contributed by atoms with E-state index >= 15 is 0 Å². The predicted molar refractivity (Wildman–Crippen MR) is 67.3 cm³/mol. The lowest BCUT2D eigenvalue weighted by Gasteiger charge is -2.07. The Bertz CT molecular complexity index is 578. The van der Waals surface area contributed by atoms with Gasteiger partial charge in [-0.05, 0) is 12.2 Å². The Labute approximate surface area is 104 Å². The van der Waals surface area contributed by atoms with Gasteiger partial charge in [0.25, 0.3) is 0 Å². The molecule has 1 heterocycles. The molecule has 0 amide bonds. The highest BCUT2D eigenvalue weighted by atomic mass is 32.1. The minimum absolute atomic E-state index is 0.418. The molecule has 2 rings (SSSR count). The second-order valence-electron chi connectivity index (χ2n) is 3.37. The summed E-state index contributed by atoms with van der Waals surface area (Å²) < 4.78 is 2.17. The van der Waals surface area contributed by atoms with Gasteiger partial charge in [-0.2, -0.15) is 10.4 Å². The van der Waals surface area contributed by atoms with Crippen LogP contribution >= 0.6 is 12.2 Å². The predicted octanol–water partition coefficient (Wildman–Crippen LogP) is 2.06. The molecule has 6 heteroatoms. The number of nitriles is 1. The summed E-state index contributed by atoms with van der Waals surface area (Å²) in [6.45, 7) is 0.532. The van der Waals surface area contributed by atoms with Crippen LogP contribution in [0.5, 0.6) is 0 Å². The van der Waals surface area contributed by atoms with Crippen LogP contribution in [0.15, 0.2) is 30.3 Å². The molecule has 2 N–H and O–H groups in total. The van der Waals surface area contributed by atoms with Gasteiger partial charge in [-0.25, -0.2) is 9.77 Å². The van der Waals surface area contributed by atoms with Gasteiger partial charge in [0.1, 0.15) is 0 Å². The number of hydrogen-bond acceptors (Lipinski definition) is 4. The summed E-state index contributed by atoms with van der Waals surface area (Å²) >= 11 is 5.12. The Kier molecular flexibility index (Phi) is 3.52. The molecule has 0 atom stereocenters. The molecule has 0 unspecified atom stereocenters. The number of nitrogens with one attached hydrogen (secondary N) is 2. The summed E-state index contributed by atoms with van der Waals surface area (Å²) in [6.07, 6.45) is 0.418. The topological polar surface area (TPSA) is 69.4 Å². The highest BCUT2D eigenvalue weighted by molar-refractivity contribution is 7.71. The number of benzene rings is 1. The Morgan fingerprint density at radius 2 is 2.18 bits per heavy atom. The molecule has 2 aromatic rings. The second kappa shape index (κ2) is 5.27. The van der Waals surface area contributed by atoms with Gasteiger partial charge < -0.3 is 5.43 Å². The van der Waals surface area contributed by atoms with E-state index in [1.54, 1.807) is 4.68 Å². The minimum Gasteiger partial charge on any atom is -0.321 e. The fourth-order valence-corrected chi connectivity index (χ4v) is 1.64. The van der Waals surface area contributed by atoms with Crippen LogP contribution in [0.2, 0.25) is 0 Å². The first kappa shape index (κ1) is 11.4. The van der Waals surface area contributed by atoms with Gasteiger partial charge in [-0.15, -0.1) is 0 Å². The first-order valence-electron chi connectivity index (χ1n) is 5.16. The number of hydrogen-bond donors (Lipinski definition) is 2. The fraction of sp³-hybridized carbons (Fsp3) is 0.182. The van der Waals surface area contributed by atoms with Crippen molar-refractivity contribution in [1.82, 2.24) is 14.9 Å². The minimum atomic E-state index is 0.418. The van der Waals surface area contributed by atoms with Crippen LogP contribution in [0.1, 0.15) is 6.42 Å². The zero-order chi connectivity index (χ0) is 12.1. The van der Waals surface area contributed by atoms with Gasteiger partial charge in [-0.1, -0.05) is 30.3 Å². The van der Waals surface area contributed by atoms with Crippen molar-refractivity contribution in [3.05, 3.63) is 35.1 Å². The van der Waals surface area contributed by atoms with E-state index < -0.39 is 0 Å². The molecule has 0 aliphatic heterocycles. The summed E-state index contributed by atoms with van der Waals surface area (Å²) in [4.78, 5) is 0. The fourth-order valence-electron chi connectivity index (χ4n) is 1.45. The van der Waals surface area contributed by atoms with Gasteiger partial charge >= 0.3 is 0 Å². The zero-order valence-electron chi connectivity index (χ0n) is 9.05. The van der Waals surface area contributed by atoms with E-state index in [0.717, 1.165) is 5.56 Å². The van der Waals surface area contributed by atoms with E-state index in [9.17, 15) is 0 Å². The molecule has 0 aliphatic carbocycles. The van der Waals surface area contributed by atoms with E-state index in [4.69, 9.17) is 17.5 Å². The highest BCUT2D eigenvalue weighted by Gasteiger charge is 2.07. The number of H-pyrrole nitrogens is 1. The number of rotatable bonds is 4. The van der Waals surface area contributed by atoms with E-state index in [1.807, 2.05) is 30.3 Å². The molecule has 1 aromatic carbocycles. The second-order valence-corrected chi connectivity index (χ2v) is 3.76. The largest absolute Gasteiger partial charge is 0.321 e. The van der Waals surface area contributed by atoms with Gasteiger partial charge in [0, 0.05) is 12.1 Å². The van der Waals surface area contributed by atoms with E-state index in [0.29, 0.717) is 23.6 Å². The molecule has 17 heavy (non-hydrogen) atoms. The number of aromatic nitrogens is 3. The van der Waals surface area contributed by atoms with Crippen molar-refractivity contribution in [2.24, 2.45) is 0 Å². The summed E-state index contributed by atoms with van der Waals surface area (Å²) in [5.74, 6) is 0.716. The van der Waals surface area contributed by atoms with Crippen LogP contribution < -0.4 is 5.43 Å². The lowest BCUT2D eigenvalue weighted by Crippen LogP contribution is -2.17. The third kappa shape index (κ3) is 2.52. The van der Waals surface area contributed by atoms with Gasteiger partial charge in [0.2, 0.25) is 4.77 Å². The van der Waals surface area contributed by atoms with Crippen molar-refractivity contribution in [3.63, 3.8) is 0 Å². The molecule has 86 valence electrons. The molecule has 0 radical (unpaired) electrons. The van der Waals surface area contributed by atoms with Crippen LogP contribution in [0.3, 0.4) is 0 Å². The maximum absolute atomic E-state index is 8.50. The maximum atomic E-state index is 8.50. The third-order valence-electron chi connectivity index (χ3n) is 2.21. The maximum Gasteiger partial charge on any atom is 0.214 e. The average Bonchev–Trinajstić information content (AvgIpc) is 2.73. The zero-order valence-corrected chi connectivity index (χ0v) is 9.87.